The van der Waals surface area contributed by atoms with Gasteiger partial charge in [-0.1, -0.05) is 19.9 Å². The van der Waals surface area contributed by atoms with Crippen LogP contribution in [0.15, 0.2) is 23.4 Å². The molecular weight excluding hydrogens is 230 g/mol. The first kappa shape index (κ1) is 14.5. The number of nitrogens with zero attached hydrogens (tertiary/aromatic N) is 2. The zero-order valence-electron chi connectivity index (χ0n) is 11.2. The highest BCUT2D eigenvalue weighted by molar-refractivity contribution is 7.99. The molecule has 17 heavy (non-hydrogen) atoms. The van der Waals surface area contributed by atoms with Gasteiger partial charge in [0.1, 0.15) is 5.03 Å². The number of rotatable bonds is 7. The molecule has 0 amide bonds. The fourth-order valence-corrected chi connectivity index (χ4v) is 2.44. The first-order valence-corrected chi connectivity index (χ1v) is 7.03. The number of pyridine rings is 1. The molecule has 1 aromatic heterocycles. The number of thioether (sulfide) groups is 1. The van der Waals surface area contributed by atoms with Crippen LogP contribution in [0.25, 0.3) is 0 Å². The molecule has 1 heterocycles. The van der Waals surface area contributed by atoms with Crippen LogP contribution in [0.3, 0.4) is 0 Å². The van der Waals surface area contributed by atoms with E-state index in [1.165, 1.54) is 5.56 Å². The molecule has 96 valence electrons. The Bertz CT molecular complexity index is 326. The van der Waals surface area contributed by atoms with Gasteiger partial charge in [0, 0.05) is 31.1 Å². The highest BCUT2D eigenvalue weighted by Gasteiger charge is 2.04. The van der Waals surface area contributed by atoms with Crippen LogP contribution in [0, 0.1) is 0 Å². The molecule has 0 aromatic carbocycles. The van der Waals surface area contributed by atoms with Crippen molar-refractivity contribution in [2.75, 3.05) is 26.4 Å². The second-order valence-electron chi connectivity index (χ2n) is 4.66. The Hall–Kier alpha value is -0.580. The fraction of sp³-hybridized carbons (Fsp3) is 0.615. The number of hydrogen-bond acceptors (Lipinski definition) is 4. The lowest BCUT2D eigenvalue weighted by Crippen LogP contribution is -2.22. The van der Waals surface area contributed by atoms with E-state index in [4.69, 9.17) is 0 Å². The summed E-state index contributed by atoms with van der Waals surface area (Å²) in [5.41, 5.74) is 1.30. The van der Waals surface area contributed by atoms with Gasteiger partial charge in [0.15, 0.2) is 0 Å². The van der Waals surface area contributed by atoms with Crippen LogP contribution in [0.5, 0.6) is 0 Å². The van der Waals surface area contributed by atoms with E-state index < -0.39 is 0 Å². The normalized spacial score (nSPS) is 11.4. The molecule has 0 bridgehead atoms. The molecule has 0 aliphatic rings. The second kappa shape index (κ2) is 7.69. The average Bonchev–Trinajstić information content (AvgIpc) is 2.27. The van der Waals surface area contributed by atoms with Gasteiger partial charge in [-0.25, -0.2) is 4.98 Å². The Morgan fingerprint density at radius 1 is 1.41 bits per heavy atom. The summed E-state index contributed by atoms with van der Waals surface area (Å²) in [5, 5.41) is 4.59. The van der Waals surface area contributed by atoms with E-state index in [-0.39, 0.29) is 0 Å². The van der Waals surface area contributed by atoms with E-state index in [1.807, 2.05) is 24.0 Å². The molecule has 0 atom stereocenters. The predicted molar refractivity (Wildman–Crippen MR) is 75.5 cm³/mol. The monoisotopic (exact) mass is 253 g/mol. The van der Waals surface area contributed by atoms with Crippen LogP contribution < -0.4 is 5.32 Å². The topological polar surface area (TPSA) is 28.2 Å². The largest absolute Gasteiger partial charge is 0.310 e. The minimum Gasteiger partial charge on any atom is -0.310 e. The summed E-state index contributed by atoms with van der Waals surface area (Å²) in [5.74, 6) is 1.08. The van der Waals surface area contributed by atoms with Gasteiger partial charge in [0.05, 0.1) is 0 Å². The van der Waals surface area contributed by atoms with E-state index in [9.17, 15) is 0 Å². The molecular formula is C13H23N3S. The number of hydrogen-bond donors (Lipinski definition) is 1. The molecule has 0 spiro atoms. The molecule has 0 radical (unpaired) electrons. The standard InChI is InChI=1S/C13H23N3S/c1-11(2)15-10-12-6-5-7-14-13(12)17-9-8-16(3)4/h5-7,11,15H,8-10H2,1-4H3. The Balaban J connectivity index is 2.51. The third-order valence-electron chi connectivity index (χ3n) is 2.33. The minimum absolute atomic E-state index is 0.509. The highest BCUT2D eigenvalue weighted by Crippen LogP contribution is 2.19. The van der Waals surface area contributed by atoms with Gasteiger partial charge >= 0.3 is 0 Å². The van der Waals surface area contributed by atoms with Crippen LogP contribution in [-0.2, 0) is 6.54 Å². The van der Waals surface area contributed by atoms with Gasteiger partial charge in [0.2, 0.25) is 0 Å². The van der Waals surface area contributed by atoms with Gasteiger partial charge in [-0.2, -0.15) is 0 Å². The van der Waals surface area contributed by atoms with Gasteiger partial charge in [-0.3, -0.25) is 0 Å². The molecule has 0 aliphatic carbocycles. The molecule has 1 rings (SSSR count). The molecule has 1 N–H and O–H groups in total. The Kier molecular flexibility index (Phi) is 6.55. The summed E-state index contributed by atoms with van der Waals surface area (Å²) >= 11 is 1.83. The molecule has 0 saturated carbocycles. The average molecular weight is 253 g/mol. The fourth-order valence-electron chi connectivity index (χ4n) is 1.33. The van der Waals surface area contributed by atoms with Crippen molar-refractivity contribution in [3.63, 3.8) is 0 Å². The Morgan fingerprint density at radius 2 is 2.18 bits per heavy atom. The van der Waals surface area contributed by atoms with E-state index in [1.54, 1.807) is 0 Å². The van der Waals surface area contributed by atoms with Crippen LogP contribution in [-0.4, -0.2) is 42.3 Å². The van der Waals surface area contributed by atoms with Crippen molar-refractivity contribution in [1.29, 1.82) is 0 Å². The van der Waals surface area contributed by atoms with E-state index in [2.05, 4.69) is 49.2 Å². The van der Waals surface area contributed by atoms with Crippen molar-refractivity contribution in [1.82, 2.24) is 15.2 Å². The lowest BCUT2D eigenvalue weighted by Gasteiger charge is -2.12. The minimum atomic E-state index is 0.509. The first-order chi connectivity index (χ1) is 8.09. The third kappa shape index (κ3) is 6.05. The molecule has 0 aliphatic heterocycles. The molecule has 1 aromatic rings. The first-order valence-electron chi connectivity index (χ1n) is 6.04. The molecule has 4 heteroatoms. The lowest BCUT2D eigenvalue weighted by atomic mass is 10.2. The van der Waals surface area contributed by atoms with E-state index in [0.29, 0.717) is 6.04 Å². The van der Waals surface area contributed by atoms with Gasteiger partial charge in [-0.05, 0) is 25.7 Å². The van der Waals surface area contributed by atoms with E-state index >= 15 is 0 Å². The van der Waals surface area contributed by atoms with Crippen molar-refractivity contribution >= 4 is 11.8 Å². The molecule has 3 nitrogen and oxygen atoms in total. The summed E-state index contributed by atoms with van der Waals surface area (Å²) in [6.45, 7) is 6.30. The number of aromatic nitrogens is 1. The lowest BCUT2D eigenvalue weighted by molar-refractivity contribution is 0.437. The van der Waals surface area contributed by atoms with Crippen molar-refractivity contribution in [3.8, 4) is 0 Å². The SMILES string of the molecule is CC(C)NCc1cccnc1SCCN(C)C. The van der Waals surface area contributed by atoms with Crippen LogP contribution in [0.2, 0.25) is 0 Å². The van der Waals surface area contributed by atoms with Crippen LogP contribution in [0.4, 0.5) is 0 Å². The quantitative estimate of drug-likeness (QED) is 0.754. The zero-order chi connectivity index (χ0) is 12.7. The number of nitrogens with one attached hydrogen (secondary N) is 1. The maximum Gasteiger partial charge on any atom is 0.100 e. The predicted octanol–water partition coefficient (Wildman–Crippen LogP) is 2.23. The second-order valence-corrected chi connectivity index (χ2v) is 5.74. The van der Waals surface area contributed by atoms with Crippen LogP contribution in [0.1, 0.15) is 19.4 Å². The summed E-state index contributed by atoms with van der Waals surface area (Å²) in [6, 6.07) is 4.67. The van der Waals surface area contributed by atoms with Crippen molar-refractivity contribution in [2.45, 2.75) is 31.5 Å². The third-order valence-corrected chi connectivity index (χ3v) is 3.36. The summed E-state index contributed by atoms with van der Waals surface area (Å²) in [4.78, 5) is 6.65. The Labute approximate surface area is 109 Å². The molecule has 0 unspecified atom stereocenters. The van der Waals surface area contributed by atoms with Gasteiger partial charge in [-0.15, -0.1) is 11.8 Å². The summed E-state index contributed by atoms with van der Waals surface area (Å²) < 4.78 is 0. The highest BCUT2D eigenvalue weighted by atomic mass is 32.2. The maximum atomic E-state index is 4.46. The van der Waals surface area contributed by atoms with E-state index in [0.717, 1.165) is 23.9 Å². The maximum absolute atomic E-state index is 4.46. The summed E-state index contributed by atoms with van der Waals surface area (Å²) in [7, 11) is 4.19. The summed E-state index contributed by atoms with van der Waals surface area (Å²) in [6.07, 6.45) is 1.87. The van der Waals surface area contributed by atoms with Gasteiger partial charge in [0.25, 0.3) is 0 Å². The van der Waals surface area contributed by atoms with Crippen molar-refractivity contribution < 1.29 is 0 Å². The Morgan fingerprint density at radius 3 is 2.82 bits per heavy atom. The van der Waals surface area contributed by atoms with Crippen molar-refractivity contribution in [2.24, 2.45) is 0 Å². The smallest absolute Gasteiger partial charge is 0.100 e. The van der Waals surface area contributed by atoms with Crippen LogP contribution >= 0.6 is 11.8 Å². The zero-order valence-corrected chi connectivity index (χ0v) is 12.0. The molecule has 0 saturated heterocycles. The molecule has 0 fully saturated rings. The van der Waals surface area contributed by atoms with Crippen molar-refractivity contribution in [3.05, 3.63) is 23.9 Å². The van der Waals surface area contributed by atoms with Gasteiger partial charge < -0.3 is 10.2 Å².